The van der Waals surface area contributed by atoms with E-state index < -0.39 is 0 Å². The third kappa shape index (κ3) is 2.91. The molecule has 98 valence electrons. The number of benzene rings is 1. The predicted octanol–water partition coefficient (Wildman–Crippen LogP) is 2.50. The number of H-pyrrole nitrogens is 1. The Morgan fingerprint density at radius 3 is 2.47 bits per heavy atom. The van der Waals surface area contributed by atoms with E-state index in [0.29, 0.717) is 11.3 Å². The number of carbonyl (C=O) groups excluding carboxylic acids is 1. The van der Waals surface area contributed by atoms with E-state index in [9.17, 15) is 9.59 Å². The second-order valence-electron chi connectivity index (χ2n) is 4.37. The van der Waals surface area contributed by atoms with Crippen LogP contribution in [0, 0.1) is 6.92 Å². The topological polar surface area (TPSA) is 62.0 Å². The number of hydrogen-bond acceptors (Lipinski definition) is 2. The molecule has 0 saturated heterocycles. The van der Waals surface area contributed by atoms with Crippen LogP contribution >= 0.6 is 0 Å². The molecule has 0 aliphatic carbocycles. The van der Waals surface area contributed by atoms with Gasteiger partial charge in [0.05, 0.1) is 0 Å². The molecule has 0 spiro atoms. The van der Waals surface area contributed by atoms with E-state index in [2.05, 4.69) is 17.2 Å². The first-order valence-electron chi connectivity index (χ1n) is 6.20. The number of anilines is 1. The second-order valence-corrected chi connectivity index (χ2v) is 4.37. The lowest BCUT2D eigenvalue weighted by Crippen LogP contribution is -2.24. The van der Waals surface area contributed by atoms with Crippen LogP contribution in [0.25, 0.3) is 0 Å². The van der Waals surface area contributed by atoms with Gasteiger partial charge in [-0.1, -0.05) is 19.1 Å². The highest BCUT2D eigenvalue weighted by Crippen LogP contribution is 2.11. The van der Waals surface area contributed by atoms with Gasteiger partial charge in [0.2, 0.25) is 0 Å². The van der Waals surface area contributed by atoms with Gasteiger partial charge in [-0.25, -0.2) is 0 Å². The van der Waals surface area contributed by atoms with Gasteiger partial charge in [-0.2, -0.15) is 0 Å². The Kier molecular flexibility index (Phi) is 3.80. The van der Waals surface area contributed by atoms with Crippen LogP contribution in [0.5, 0.6) is 0 Å². The molecule has 0 aliphatic heterocycles. The fourth-order valence-corrected chi connectivity index (χ4v) is 1.88. The summed E-state index contributed by atoms with van der Waals surface area (Å²) in [5, 5.41) is 2.73. The van der Waals surface area contributed by atoms with Crippen LogP contribution in [0.1, 0.15) is 28.4 Å². The van der Waals surface area contributed by atoms with Crippen LogP contribution in [0.3, 0.4) is 0 Å². The Morgan fingerprint density at radius 1 is 1.21 bits per heavy atom. The molecular weight excluding hydrogens is 240 g/mol. The highest BCUT2D eigenvalue weighted by molar-refractivity contribution is 6.04. The minimum atomic E-state index is -0.386. The summed E-state index contributed by atoms with van der Waals surface area (Å²) in [5.41, 5.74) is 2.33. The summed E-state index contributed by atoms with van der Waals surface area (Å²) in [7, 11) is 0. The highest BCUT2D eigenvalue weighted by atomic mass is 16.2. The Labute approximate surface area is 111 Å². The minimum absolute atomic E-state index is 0.155. The number of hydrogen-bond donors (Lipinski definition) is 2. The molecule has 1 heterocycles. The molecule has 0 unspecified atom stereocenters. The average molecular weight is 256 g/mol. The van der Waals surface area contributed by atoms with Gasteiger partial charge < -0.3 is 10.3 Å². The van der Waals surface area contributed by atoms with E-state index in [4.69, 9.17) is 0 Å². The van der Waals surface area contributed by atoms with Crippen molar-refractivity contribution < 1.29 is 4.79 Å². The summed E-state index contributed by atoms with van der Waals surface area (Å²) in [6.07, 6.45) is 2.48. The average Bonchev–Trinajstić information content (AvgIpc) is 2.39. The second kappa shape index (κ2) is 5.52. The Balaban J connectivity index is 2.23. The van der Waals surface area contributed by atoms with E-state index in [-0.39, 0.29) is 17.0 Å². The van der Waals surface area contributed by atoms with Crippen LogP contribution in [0.2, 0.25) is 0 Å². The zero-order valence-electron chi connectivity index (χ0n) is 11.0. The molecule has 0 saturated carbocycles. The number of aryl methyl sites for hydroxylation is 2. The standard InChI is InChI=1S/C15H16N2O2/c1-3-11-4-6-12(7-5-11)17-15(19)13-10(2)8-9-16-14(13)18/h4-9H,3H2,1-2H3,(H,16,18)(H,17,19). The minimum Gasteiger partial charge on any atom is -0.328 e. The maximum Gasteiger partial charge on any atom is 0.261 e. The normalized spacial score (nSPS) is 10.2. The molecule has 1 aromatic carbocycles. The highest BCUT2D eigenvalue weighted by Gasteiger charge is 2.13. The van der Waals surface area contributed by atoms with Crippen molar-refractivity contribution >= 4 is 11.6 Å². The number of amides is 1. The van der Waals surface area contributed by atoms with Crippen LogP contribution in [-0.2, 0) is 6.42 Å². The third-order valence-electron chi connectivity index (χ3n) is 3.02. The molecule has 1 aromatic heterocycles. The van der Waals surface area contributed by atoms with Crippen molar-refractivity contribution in [2.45, 2.75) is 20.3 Å². The van der Waals surface area contributed by atoms with Crippen LogP contribution < -0.4 is 10.9 Å². The van der Waals surface area contributed by atoms with Crippen molar-refractivity contribution in [3.8, 4) is 0 Å². The fraction of sp³-hybridized carbons (Fsp3) is 0.200. The first-order chi connectivity index (χ1) is 9.11. The maximum absolute atomic E-state index is 12.1. The van der Waals surface area contributed by atoms with E-state index in [1.165, 1.54) is 11.8 Å². The lowest BCUT2D eigenvalue weighted by Gasteiger charge is -2.07. The number of aromatic amines is 1. The molecule has 2 rings (SSSR count). The van der Waals surface area contributed by atoms with Crippen molar-refractivity contribution in [3.05, 3.63) is 63.6 Å². The molecular formula is C15H16N2O2. The van der Waals surface area contributed by atoms with Gasteiger partial charge >= 0.3 is 0 Å². The number of nitrogens with one attached hydrogen (secondary N) is 2. The van der Waals surface area contributed by atoms with Crippen LogP contribution in [0.4, 0.5) is 5.69 Å². The maximum atomic E-state index is 12.1. The van der Waals surface area contributed by atoms with Crippen molar-refractivity contribution in [1.29, 1.82) is 0 Å². The molecule has 2 N–H and O–H groups in total. The third-order valence-corrected chi connectivity index (χ3v) is 3.02. The number of rotatable bonds is 3. The van der Waals surface area contributed by atoms with Gasteiger partial charge in [-0.15, -0.1) is 0 Å². The first-order valence-corrected chi connectivity index (χ1v) is 6.20. The molecule has 19 heavy (non-hydrogen) atoms. The first kappa shape index (κ1) is 13.1. The zero-order valence-corrected chi connectivity index (χ0v) is 11.0. The van der Waals surface area contributed by atoms with Crippen LogP contribution in [0.15, 0.2) is 41.3 Å². The van der Waals surface area contributed by atoms with Gasteiger partial charge in [-0.3, -0.25) is 9.59 Å². The molecule has 0 radical (unpaired) electrons. The molecule has 0 atom stereocenters. The van der Waals surface area contributed by atoms with Gasteiger partial charge in [-0.05, 0) is 42.7 Å². The summed E-state index contributed by atoms with van der Waals surface area (Å²) in [6, 6.07) is 9.29. The summed E-state index contributed by atoms with van der Waals surface area (Å²) in [6.45, 7) is 3.81. The van der Waals surface area contributed by atoms with Crippen molar-refractivity contribution in [3.63, 3.8) is 0 Å². The summed E-state index contributed by atoms with van der Waals surface area (Å²) in [4.78, 5) is 26.2. The van der Waals surface area contributed by atoms with Gasteiger partial charge in [0, 0.05) is 11.9 Å². The Bertz CT molecular complexity index is 642. The monoisotopic (exact) mass is 256 g/mol. The molecule has 1 amide bonds. The van der Waals surface area contributed by atoms with Crippen molar-refractivity contribution in [1.82, 2.24) is 4.98 Å². The fourth-order valence-electron chi connectivity index (χ4n) is 1.88. The van der Waals surface area contributed by atoms with Gasteiger partial charge in [0.25, 0.3) is 11.5 Å². The van der Waals surface area contributed by atoms with E-state index in [1.807, 2.05) is 24.3 Å². The van der Waals surface area contributed by atoms with E-state index in [0.717, 1.165) is 6.42 Å². The largest absolute Gasteiger partial charge is 0.328 e. The Morgan fingerprint density at radius 2 is 1.89 bits per heavy atom. The summed E-state index contributed by atoms with van der Waals surface area (Å²) in [5.74, 6) is -0.386. The quantitative estimate of drug-likeness (QED) is 0.886. The molecule has 0 fully saturated rings. The van der Waals surface area contributed by atoms with E-state index in [1.54, 1.807) is 13.0 Å². The van der Waals surface area contributed by atoms with Gasteiger partial charge in [0.15, 0.2) is 0 Å². The molecule has 2 aromatic rings. The number of carbonyl (C=O) groups is 1. The molecule has 0 bridgehead atoms. The summed E-state index contributed by atoms with van der Waals surface area (Å²) >= 11 is 0. The lowest BCUT2D eigenvalue weighted by molar-refractivity contribution is 0.102. The van der Waals surface area contributed by atoms with E-state index >= 15 is 0 Å². The Hall–Kier alpha value is -2.36. The zero-order chi connectivity index (χ0) is 13.8. The number of aromatic nitrogens is 1. The summed E-state index contributed by atoms with van der Waals surface area (Å²) < 4.78 is 0. The SMILES string of the molecule is CCc1ccc(NC(=O)c2c(C)cc[nH]c2=O)cc1. The predicted molar refractivity (Wildman–Crippen MR) is 75.6 cm³/mol. The lowest BCUT2D eigenvalue weighted by atomic mass is 10.1. The smallest absolute Gasteiger partial charge is 0.261 e. The van der Waals surface area contributed by atoms with Crippen molar-refractivity contribution in [2.24, 2.45) is 0 Å². The number of pyridine rings is 1. The van der Waals surface area contributed by atoms with Crippen LogP contribution in [-0.4, -0.2) is 10.9 Å². The molecule has 4 nitrogen and oxygen atoms in total. The molecule has 4 heteroatoms. The molecule has 0 aliphatic rings. The van der Waals surface area contributed by atoms with Gasteiger partial charge in [0.1, 0.15) is 5.56 Å². The van der Waals surface area contributed by atoms with Crippen molar-refractivity contribution in [2.75, 3.05) is 5.32 Å².